The number of ether oxygens (including phenoxy) is 2. The molecule has 1 N–H and O–H groups in total. The molecule has 0 spiro atoms. The second-order valence-corrected chi connectivity index (χ2v) is 9.45. The molecule has 0 bridgehead atoms. The van der Waals surface area contributed by atoms with Crippen molar-refractivity contribution in [3.8, 4) is 0 Å². The number of fused-ring (bicyclic) bond motifs is 3. The number of hydrogen-bond acceptors (Lipinski definition) is 6. The van der Waals surface area contributed by atoms with Crippen LogP contribution in [0.3, 0.4) is 0 Å². The van der Waals surface area contributed by atoms with Crippen molar-refractivity contribution < 1.29 is 18.7 Å². The molecule has 1 saturated heterocycles. The fraction of sp³-hybridized carbons (Fsp3) is 0.500. The van der Waals surface area contributed by atoms with Crippen LogP contribution in [0.15, 0.2) is 18.3 Å². The van der Waals surface area contributed by atoms with Crippen LogP contribution >= 0.6 is 11.3 Å². The molecule has 3 aromatic rings. The van der Waals surface area contributed by atoms with Crippen molar-refractivity contribution in [3.05, 3.63) is 34.6 Å². The first kappa shape index (κ1) is 20.2. The summed E-state index contributed by atoms with van der Waals surface area (Å²) in [5, 5.41) is 3.03. The highest BCUT2D eigenvalue weighted by molar-refractivity contribution is 7.18. The summed E-state index contributed by atoms with van der Waals surface area (Å²) < 4.78 is 27.6. The van der Waals surface area contributed by atoms with Gasteiger partial charge in [-0.25, -0.2) is 9.37 Å². The number of thiazole rings is 1. The van der Waals surface area contributed by atoms with Crippen molar-refractivity contribution in [2.45, 2.75) is 33.7 Å². The van der Waals surface area contributed by atoms with Gasteiger partial charge in [-0.2, -0.15) is 0 Å². The summed E-state index contributed by atoms with van der Waals surface area (Å²) in [6.07, 6.45) is 1.17. The number of aromatic nitrogens is 2. The van der Waals surface area contributed by atoms with Gasteiger partial charge in [-0.05, 0) is 11.5 Å². The number of amides is 1. The standard InChI is InChI=1S/C20H25FN4O3S/c1-20(2,3)11-24(4)17(26)14-10-25-16-13(23-18(25)29-14)6-5-12(15(16)21)9-22-19-27-7-8-28-19/h5-6,10,19,22H,7-9,11H2,1-4H3. The fourth-order valence-corrected chi connectivity index (χ4v) is 4.46. The van der Waals surface area contributed by atoms with Gasteiger partial charge in [0.25, 0.3) is 5.91 Å². The third-order valence-electron chi connectivity index (χ3n) is 4.64. The Morgan fingerprint density at radius 1 is 1.38 bits per heavy atom. The number of nitrogens with one attached hydrogen (secondary N) is 1. The van der Waals surface area contributed by atoms with Gasteiger partial charge in [0.05, 0.1) is 18.7 Å². The molecule has 0 radical (unpaired) electrons. The first-order valence-corrected chi connectivity index (χ1v) is 10.4. The maximum absolute atomic E-state index is 15.2. The predicted molar refractivity (Wildman–Crippen MR) is 109 cm³/mol. The molecule has 0 saturated carbocycles. The van der Waals surface area contributed by atoms with Crippen LogP contribution in [0.4, 0.5) is 4.39 Å². The SMILES string of the molecule is CN(CC(C)(C)C)C(=O)c1cn2c(nc3ccc(CNC4OCCO4)c(F)c32)s1. The van der Waals surface area contributed by atoms with Crippen LogP contribution in [0.5, 0.6) is 0 Å². The Labute approximate surface area is 172 Å². The molecule has 1 amide bonds. The first-order valence-electron chi connectivity index (χ1n) is 9.54. The van der Waals surface area contributed by atoms with Crippen molar-refractivity contribution in [1.29, 1.82) is 0 Å². The van der Waals surface area contributed by atoms with Crippen LogP contribution in [-0.2, 0) is 16.0 Å². The monoisotopic (exact) mass is 420 g/mol. The number of imidazole rings is 1. The summed E-state index contributed by atoms with van der Waals surface area (Å²) >= 11 is 1.27. The zero-order chi connectivity index (χ0) is 20.8. The van der Waals surface area contributed by atoms with E-state index in [1.165, 1.54) is 11.3 Å². The molecule has 0 aliphatic carbocycles. The molecule has 7 nitrogen and oxygen atoms in total. The molecule has 0 unspecified atom stereocenters. The fourth-order valence-electron chi connectivity index (χ4n) is 3.48. The minimum absolute atomic E-state index is 0.00469. The Bertz CT molecular complexity index is 1050. The molecule has 29 heavy (non-hydrogen) atoms. The molecule has 1 aliphatic rings. The molecule has 156 valence electrons. The minimum Gasteiger partial charge on any atom is -0.340 e. The van der Waals surface area contributed by atoms with Gasteiger partial charge >= 0.3 is 0 Å². The lowest BCUT2D eigenvalue weighted by atomic mass is 9.96. The van der Waals surface area contributed by atoms with E-state index in [0.29, 0.717) is 46.2 Å². The van der Waals surface area contributed by atoms with E-state index in [9.17, 15) is 4.79 Å². The normalized spacial score (nSPS) is 15.6. The van der Waals surface area contributed by atoms with Crippen molar-refractivity contribution in [2.75, 3.05) is 26.8 Å². The quantitative estimate of drug-likeness (QED) is 0.686. The second kappa shape index (κ2) is 7.64. The van der Waals surface area contributed by atoms with Gasteiger partial charge in [0, 0.05) is 31.9 Å². The molecule has 9 heteroatoms. The lowest BCUT2D eigenvalue weighted by Gasteiger charge is -2.26. The number of hydrogen-bond donors (Lipinski definition) is 1. The van der Waals surface area contributed by atoms with Gasteiger partial charge in [-0.15, -0.1) is 0 Å². The largest absolute Gasteiger partial charge is 0.340 e. The number of nitrogens with zero attached hydrogens (tertiary/aromatic N) is 3. The summed E-state index contributed by atoms with van der Waals surface area (Å²) in [7, 11) is 1.78. The number of carbonyl (C=O) groups excluding carboxylic acids is 1. The van der Waals surface area contributed by atoms with Crippen LogP contribution in [0.25, 0.3) is 16.0 Å². The van der Waals surface area contributed by atoms with Gasteiger partial charge in [0.15, 0.2) is 10.8 Å². The van der Waals surface area contributed by atoms with Crippen molar-refractivity contribution >= 4 is 33.2 Å². The Balaban J connectivity index is 1.62. The minimum atomic E-state index is -0.515. The molecular formula is C20H25FN4O3S. The van der Waals surface area contributed by atoms with E-state index in [2.05, 4.69) is 31.1 Å². The highest BCUT2D eigenvalue weighted by Crippen LogP contribution is 2.28. The molecule has 3 heterocycles. The Kier molecular flexibility index (Phi) is 5.32. The van der Waals surface area contributed by atoms with Gasteiger partial charge in [-0.1, -0.05) is 38.2 Å². The van der Waals surface area contributed by atoms with Crippen LogP contribution in [0, 0.1) is 11.2 Å². The Morgan fingerprint density at radius 3 is 2.79 bits per heavy atom. The number of benzene rings is 1. The van der Waals surface area contributed by atoms with Crippen LogP contribution in [-0.4, -0.2) is 53.4 Å². The van der Waals surface area contributed by atoms with Crippen LogP contribution < -0.4 is 5.32 Å². The average molecular weight is 421 g/mol. The summed E-state index contributed by atoms with van der Waals surface area (Å²) in [6.45, 7) is 8.19. The second-order valence-electron chi connectivity index (χ2n) is 8.44. The maximum Gasteiger partial charge on any atom is 0.265 e. The predicted octanol–water partition coefficient (Wildman–Crippen LogP) is 3.23. The van der Waals surface area contributed by atoms with E-state index in [1.54, 1.807) is 34.7 Å². The molecule has 0 atom stereocenters. The number of rotatable bonds is 5. The lowest BCUT2D eigenvalue weighted by Crippen LogP contribution is -2.34. The molecule has 1 fully saturated rings. The van der Waals surface area contributed by atoms with Gasteiger partial charge in [0.1, 0.15) is 10.4 Å². The van der Waals surface area contributed by atoms with Crippen molar-refractivity contribution in [1.82, 2.24) is 19.6 Å². The van der Waals surface area contributed by atoms with Gasteiger partial charge in [-0.3, -0.25) is 14.5 Å². The number of carbonyl (C=O) groups is 1. The van der Waals surface area contributed by atoms with E-state index in [1.807, 2.05) is 0 Å². The topological polar surface area (TPSA) is 68.1 Å². The molecule has 2 aromatic heterocycles. The van der Waals surface area contributed by atoms with Crippen molar-refractivity contribution in [3.63, 3.8) is 0 Å². The third-order valence-corrected chi connectivity index (χ3v) is 5.61. The van der Waals surface area contributed by atoms with E-state index < -0.39 is 6.41 Å². The van der Waals surface area contributed by atoms with E-state index in [4.69, 9.17) is 9.47 Å². The summed E-state index contributed by atoms with van der Waals surface area (Å²) in [5.41, 5.74) is 1.42. The van der Waals surface area contributed by atoms with E-state index in [-0.39, 0.29) is 23.7 Å². The highest BCUT2D eigenvalue weighted by atomic mass is 32.1. The smallest absolute Gasteiger partial charge is 0.265 e. The molecular weight excluding hydrogens is 395 g/mol. The van der Waals surface area contributed by atoms with Gasteiger partial charge < -0.3 is 14.4 Å². The van der Waals surface area contributed by atoms with E-state index >= 15 is 4.39 Å². The number of halogens is 1. The molecule has 1 aromatic carbocycles. The Morgan fingerprint density at radius 2 is 2.10 bits per heavy atom. The molecule has 1 aliphatic heterocycles. The maximum atomic E-state index is 15.2. The lowest BCUT2D eigenvalue weighted by molar-refractivity contribution is -0.0677. The zero-order valence-corrected chi connectivity index (χ0v) is 17.8. The zero-order valence-electron chi connectivity index (χ0n) is 17.0. The first-order chi connectivity index (χ1) is 13.7. The van der Waals surface area contributed by atoms with Gasteiger partial charge in [0.2, 0.25) is 6.41 Å². The highest BCUT2D eigenvalue weighted by Gasteiger charge is 2.23. The van der Waals surface area contributed by atoms with E-state index in [0.717, 1.165) is 0 Å². The van der Waals surface area contributed by atoms with Crippen LogP contribution in [0.1, 0.15) is 36.0 Å². The summed E-state index contributed by atoms with van der Waals surface area (Å²) in [6, 6.07) is 3.50. The third kappa shape index (κ3) is 4.13. The summed E-state index contributed by atoms with van der Waals surface area (Å²) in [4.78, 5) is 20.1. The van der Waals surface area contributed by atoms with Crippen molar-refractivity contribution in [2.24, 2.45) is 5.41 Å². The summed E-state index contributed by atoms with van der Waals surface area (Å²) in [5.74, 6) is -0.447. The average Bonchev–Trinajstić information content (AvgIpc) is 3.34. The van der Waals surface area contributed by atoms with Crippen LogP contribution in [0.2, 0.25) is 0 Å². The molecule has 4 rings (SSSR count). The Hall–Kier alpha value is -2.07.